The van der Waals surface area contributed by atoms with E-state index in [1.165, 1.54) is 7.11 Å². The van der Waals surface area contributed by atoms with Gasteiger partial charge in [-0.15, -0.1) is 0 Å². The first-order valence-corrected chi connectivity index (χ1v) is 9.01. The molecular weight excluding hydrogens is 306 g/mol. The standard InChI is InChI=1S/C19H31NO4/c1-6-7-11-19-12-9-8-10-15(19)14(16(21)23-5)13-20(19)17(22)24-18(2,3)4/h9,12,14-15H,6-8,10-11,13H2,1-5H3/t14-,15-,19-/m1/s1. The molecule has 1 aliphatic carbocycles. The molecule has 2 rings (SSSR count). The summed E-state index contributed by atoms with van der Waals surface area (Å²) in [5.41, 5.74) is -0.976. The Labute approximate surface area is 145 Å². The van der Waals surface area contributed by atoms with Gasteiger partial charge in [-0.2, -0.15) is 0 Å². The third-order valence-corrected chi connectivity index (χ3v) is 5.11. The van der Waals surface area contributed by atoms with Gasteiger partial charge in [0.25, 0.3) is 0 Å². The Kier molecular flexibility index (Phi) is 5.61. The van der Waals surface area contributed by atoms with Crippen molar-refractivity contribution in [3.05, 3.63) is 12.2 Å². The van der Waals surface area contributed by atoms with Crippen LogP contribution >= 0.6 is 0 Å². The number of likely N-dealkylation sites (tertiary alicyclic amines) is 1. The highest BCUT2D eigenvalue weighted by molar-refractivity contribution is 5.78. The molecule has 0 aromatic rings. The SMILES string of the molecule is CCCC[C@@]12C=CCC[C@@H]1[C@H](C(=O)OC)CN2C(=O)OC(C)(C)C. The van der Waals surface area contributed by atoms with Gasteiger partial charge in [-0.3, -0.25) is 9.69 Å². The molecule has 1 aliphatic heterocycles. The fraction of sp³-hybridized carbons (Fsp3) is 0.789. The van der Waals surface area contributed by atoms with Crippen molar-refractivity contribution in [1.82, 2.24) is 4.90 Å². The number of ether oxygens (including phenoxy) is 2. The molecule has 0 saturated carbocycles. The van der Waals surface area contributed by atoms with Gasteiger partial charge in [0.1, 0.15) is 5.60 Å². The molecule has 136 valence electrons. The molecule has 0 aromatic heterocycles. The number of esters is 1. The van der Waals surface area contributed by atoms with Gasteiger partial charge < -0.3 is 9.47 Å². The molecule has 1 saturated heterocycles. The highest BCUT2D eigenvalue weighted by Gasteiger charge is 2.57. The number of unbranched alkanes of at least 4 members (excludes halogenated alkanes) is 1. The summed E-state index contributed by atoms with van der Waals surface area (Å²) in [5.74, 6) is -0.388. The molecule has 0 spiro atoms. The number of carbonyl (C=O) groups is 2. The van der Waals surface area contributed by atoms with E-state index in [4.69, 9.17) is 9.47 Å². The predicted octanol–water partition coefficient (Wildman–Crippen LogP) is 3.92. The summed E-state index contributed by atoms with van der Waals surface area (Å²) in [6.45, 7) is 8.12. The summed E-state index contributed by atoms with van der Waals surface area (Å²) in [6, 6.07) is 0. The van der Waals surface area contributed by atoms with Gasteiger partial charge in [0, 0.05) is 12.5 Å². The average Bonchev–Trinajstić information content (AvgIpc) is 2.86. The van der Waals surface area contributed by atoms with Crippen LogP contribution in [0.15, 0.2) is 12.2 Å². The smallest absolute Gasteiger partial charge is 0.411 e. The van der Waals surface area contributed by atoms with Crippen LogP contribution in [-0.2, 0) is 14.3 Å². The van der Waals surface area contributed by atoms with Crippen LogP contribution in [0.5, 0.6) is 0 Å². The molecule has 5 heteroatoms. The molecule has 5 nitrogen and oxygen atoms in total. The first-order valence-electron chi connectivity index (χ1n) is 9.01. The highest BCUT2D eigenvalue weighted by Crippen LogP contribution is 2.49. The number of nitrogens with zero attached hydrogens (tertiary/aromatic N) is 1. The molecule has 1 heterocycles. The topological polar surface area (TPSA) is 55.8 Å². The Morgan fingerprint density at radius 3 is 2.62 bits per heavy atom. The van der Waals surface area contributed by atoms with E-state index >= 15 is 0 Å². The molecule has 2 aliphatic rings. The van der Waals surface area contributed by atoms with Gasteiger partial charge >= 0.3 is 12.1 Å². The zero-order valence-electron chi connectivity index (χ0n) is 15.6. The Morgan fingerprint density at radius 1 is 1.33 bits per heavy atom. The van der Waals surface area contributed by atoms with Crippen LogP contribution in [0.3, 0.4) is 0 Å². The molecular formula is C19H31NO4. The van der Waals surface area contributed by atoms with Crippen molar-refractivity contribution in [3.63, 3.8) is 0 Å². The third kappa shape index (κ3) is 3.60. The normalized spacial score (nSPS) is 29.3. The van der Waals surface area contributed by atoms with E-state index < -0.39 is 11.1 Å². The Hall–Kier alpha value is -1.52. The number of allylic oxidation sites excluding steroid dienone is 1. The van der Waals surface area contributed by atoms with E-state index in [-0.39, 0.29) is 23.9 Å². The number of hydrogen-bond donors (Lipinski definition) is 0. The minimum Gasteiger partial charge on any atom is -0.469 e. The molecule has 0 unspecified atom stereocenters. The fourth-order valence-electron chi connectivity index (χ4n) is 4.09. The van der Waals surface area contributed by atoms with Crippen LogP contribution in [0, 0.1) is 11.8 Å². The second kappa shape index (κ2) is 7.16. The lowest BCUT2D eigenvalue weighted by Crippen LogP contribution is -2.51. The molecule has 1 fully saturated rings. The first kappa shape index (κ1) is 18.8. The maximum Gasteiger partial charge on any atom is 0.411 e. The van der Waals surface area contributed by atoms with E-state index in [1.54, 1.807) is 4.90 Å². The fourth-order valence-corrected chi connectivity index (χ4v) is 4.09. The minimum absolute atomic E-state index is 0.106. The van der Waals surface area contributed by atoms with Crippen molar-refractivity contribution in [2.75, 3.05) is 13.7 Å². The van der Waals surface area contributed by atoms with Gasteiger partial charge in [0.05, 0.1) is 18.6 Å². The summed E-state index contributed by atoms with van der Waals surface area (Å²) in [6.07, 6.45) is 8.71. The van der Waals surface area contributed by atoms with E-state index in [9.17, 15) is 9.59 Å². The summed E-state index contributed by atoms with van der Waals surface area (Å²) in [7, 11) is 1.42. The number of amides is 1. The van der Waals surface area contributed by atoms with Crippen LogP contribution < -0.4 is 0 Å². The lowest BCUT2D eigenvalue weighted by Gasteiger charge is -2.42. The van der Waals surface area contributed by atoms with Crippen LogP contribution in [-0.4, -0.2) is 41.8 Å². The lowest BCUT2D eigenvalue weighted by molar-refractivity contribution is -0.146. The zero-order valence-corrected chi connectivity index (χ0v) is 15.6. The molecule has 0 radical (unpaired) electrons. The molecule has 0 bridgehead atoms. The maximum atomic E-state index is 12.9. The van der Waals surface area contributed by atoms with E-state index in [1.807, 2.05) is 20.8 Å². The van der Waals surface area contributed by atoms with Crippen LogP contribution in [0.25, 0.3) is 0 Å². The molecule has 0 N–H and O–H groups in total. The van der Waals surface area contributed by atoms with Crippen LogP contribution in [0.1, 0.15) is 59.8 Å². The van der Waals surface area contributed by atoms with Crippen LogP contribution in [0.2, 0.25) is 0 Å². The Balaban J connectivity index is 2.38. The van der Waals surface area contributed by atoms with Gasteiger partial charge in [0.2, 0.25) is 0 Å². The Morgan fingerprint density at radius 2 is 2.04 bits per heavy atom. The second-order valence-corrected chi connectivity index (χ2v) is 7.90. The summed E-state index contributed by atoms with van der Waals surface area (Å²) in [5, 5.41) is 0. The number of methoxy groups -OCH3 is 1. The molecule has 3 atom stereocenters. The van der Waals surface area contributed by atoms with Gasteiger partial charge in [-0.05, 0) is 40.0 Å². The average molecular weight is 337 g/mol. The number of hydrogen-bond acceptors (Lipinski definition) is 4. The summed E-state index contributed by atoms with van der Waals surface area (Å²) >= 11 is 0. The first-order chi connectivity index (χ1) is 11.2. The maximum absolute atomic E-state index is 12.9. The van der Waals surface area contributed by atoms with Crippen molar-refractivity contribution in [2.45, 2.75) is 70.9 Å². The molecule has 24 heavy (non-hydrogen) atoms. The van der Waals surface area contributed by atoms with E-state index in [2.05, 4.69) is 19.1 Å². The van der Waals surface area contributed by atoms with Gasteiger partial charge in [-0.1, -0.05) is 31.9 Å². The monoisotopic (exact) mass is 337 g/mol. The minimum atomic E-state index is -0.555. The van der Waals surface area contributed by atoms with Crippen molar-refractivity contribution >= 4 is 12.1 Å². The quantitative estimate of drug-likeness (QED) is 0.576. The second-order valence-electron chi connectivity index (χ2n) is 7.90. The third-order valence-electron chi connectivity index (χ3n) is 5.11. The zero-order chi connectivity index (χ0) is 18.0. The van der Waals surface area contributed by atoms with E-state index in [0.29, 0.717) is 6.54 Å². The van der Waals surface area contributed by atoms with Crippen molar-refractivity contribution in [1.29, 1.82) is 0 Å². The predicted molar refractivity (Wildman–Crippen MR) is 92.6 cm³/mol. The van der Waals surface area contributed by atoms with E-state index in [0.717, 1.165) is 32.1 Å². The van der Waals surface area contributed by atoms with Gasteiger partial charge in [-0.25, -0.2) is 4.79 Å². The van der Waals surface area contributed by atoms with Gasteiger partial charge in [0.15, 0.2) is 0 Å². The Bertz CT molecular complexity index is 508. The highest BCUT2D eigenvalue weighted by atomic mass is 16.6. The van der Waals surface area contributed by atoms with Crippen LogP contribution in [0.4, 0.5) is 4.79 Å². The number of rotatable bonds is 4. The largest absolute Gasteiger partial charge is 0.469 e. The molecule has 0 aromatic carbocycles. The summed E-state index contributed by atoms with van der Waals surface area (Å²) < 4.78 is 10.7. The lowest BCUT2D eigenvalue weighted by atomic mass is 9.71. The number of carbonyl (C=O) groups excluding carboxylic acids is 2. The van der Waals surface area contributed by atoms with Crippen molar-refractivity contribution in [2.24, 2.45) is 11.8 Å². The number of fused-ring (bicyclic) bond motifs is 1. The van der Waals surface area contributed by atoms with Crippen molar-refractivity contribution < 1.29 is 19.1 Å². The summed E-state index contributed by atoms with van der Waals surface area (Å²) in [4.78, 5) is 27.0. The van der Waals surface area contributed by atoms with Crippen molar-refractivity contribution in [3.8, 4) is 0 Å². The molecule has 1 amide bonds.